The van der Waals surface area contributed by atoms with Crippen LogP contribution in [0.25, 0.3) is 0 Å². The van der Waals surface area contributed by atoms with Crippen LogP contribution < -0.4 is 4.74 Å². The van der Waals surface area contributed by atoms with Gasteiger partial charge in [-0.25, -0.2) is 0 Å². The Morgan fingerprint density at radius 3 is 2.36 bits per heavy atom. The summed E-state index contributed by atoms with van der Waals surface area (Å²) in [5.74, 6) is 0.914. The van der Waals surface area contributed by atoms with E-state index in [0.717, 1.165) is 18.6 Å². The summed E-state index contributed by atoms with van der Waals surface area (Å²) in [5.41, 5.74) is 3.08. The summed E-state index contributed by atoms with van der Waals surface area (Å²) >= 11 is 0. The number of carbonyl (C=O) groups is 1. The van der Waals surface area contributed by atoms with Crippen molar-refractivity contribution in [2.75, 3.05) is 0 Å². The molecule has 3 rings (SSSR count). The Hall–Kier alpha value is -2.29. The first kappa shape index (κ1) is 17.5. The Balaban J connectivity index is 1.86. The molecule has 25 heavy (non-hydrogen) atoms. The van der Waals surface area contributed by atoms with Crippen LogP contribution in [0.2, 0.25) is 0 Å². The van der Waals surface area contributed by atoms with Gasteiger partial charge >= 0.3 is 0 Å². The molecule has 1 unspecified atom stereocenters. The van der Waals surface area contributed by atoms with Crippen LogP contribution in [0.15, 0.2) is 48.5 Å². The third kappa shape index (κ3) is 3.71. The summed E-state index contributed by atoms with van der Waals surface area (Å²) in [5, 5.41) is 0. The lowest BCUT2D eigenvalue weighted by Crippen LogP contribution is -2.42. The summed E-state index contributed by atoms with van der Waals surface area (Å²) < 4.78 is 6.24. The molecule has 0 N–H and O–H groups in total. The summed E-state index contributed by atoms with van der Waals surface area (Å²) in [7, 11) is 0. The van der Waals surface area contributed by atoms with Crippen molar-refractivity contribution in [3.63, 3.8) is 0 Å². The van der Waals surface area contributed by atoms with Crippen molar-refractivity contribution < 1.29 is 9.53 Å². The van der Waals surface area contributed by atoms with Crippen LogP contribution in [-0.4, -0.2) is 22.9 Å². The Kier molecular flexibility index (Phi) is 5.12. The fourth-order valence-corrected chi connectivity index (χ4v) is 3.62. The fourth-order valence-electron chi connectivity index (χ4n) is 3.62. The van der Waals surface area contributed by atoms with Crippen molar-refractivity contribution in [3.05, 3.63) is 65.2 Å². The highest BCUT2D eigenvalue weighted by molar-refractivity contribution is 5.95. The molecular weight excluding hydrogens is 310 g/mol. The topological polar surface area (TPSA) is 29.5 Å². The van der Waals surface area contributed by atoms with Crippen LogP contribution in [0.3, 0.4) is 0 Å². The Bertz CT molecular complexity index is 729. The van der Waals surface area contributed by atoms with E-state index in [1.807, 2.05) is 41.3 Å². The molecule has 1 aliphatic heterocycles. The molecule has 0 fully saturated rings. The number of ether oxygens (including phenoxy) is 1. The monoisotopic (exact) mass is 337 g/mol. The predicted molar refractivity (Wildman–Crippen MR) is 101 cm³/mol. The molecule has 1 aliphatic rings. The van der Waals surface area contributed by atoms with Crippen molar-refractivity contribution in [1.82, 2.24) is 4.90 Å². The molecule has 2 aromatic rings. The van der Waals surface area contributed by atoms with Gasteiger partial charge in [0.15, 0.2) is 0 Å². The van der Waals surface area contributed by atoms with Crippen LogP contribution in [0.4, 0.5) is 0 Å². The number of hydrogen-bond acceptors (Lipinski definition) is 2. The zero-order valence-electron chi connectivity index (χ0n) is 15.5. The molecule has 0 spiro atoms. The van der Waals surface area contributed by atoms with E-state index < -0.39 is 0 Å². The number of rotatable bonds is 4. The second-order valence-electron chi connectivity index (χ2n) is 7.28. The van der Waals surface area contributed by atoms with E-state index in [0.29, 0.717) is 5.56 Å². The molecule has 0 aliphatic carbocycles. The quantitative estimate of drug-likeness (QED) is 0.784. The predicted octanol–water partition coefficient (Wildman–Crippen LogP) is 5.01. The minimum absolute atomic E-state index is 0.0605. The van der Waals surface area contributed by atoms with E-state index in [4.69, 9.17) is 4.74 Å². The number of hydrogen-bond donors (Lipinski definition) is 0. The molecule has 1 amide bonds. The molecule has 2 aromatic carbocycles. The minimum atomic E-state index is 0.0605. The second-order valence-corrected chi connectivity index (χ2v) is 7.28. The fraction of sp³-hybridized carbons (Fsp3) is 0.409. The van der Waals surface area contributed by atoms with Crippen molar-refractivity contribution in [2.45, 2.75) is 58.7 Å². The van der Waals surface area contributed by atoms with Gasteiger partial charge < -0.3 is 9.64 Å². The largest absolute Gasteiger partial charge is 0.485 e. The van der Waals surface area contributed by atoms with Gasteiger partial charge in [-0.1, -0.05) is 36.4 Å². The van der Waals surface area contributed by atoms with Gasteiger partial charge in [-0.2, -0.15) is 0 Å². The molecule has 0 radical (unpaired) electrons. The molecular formula is C22H27NO2. The first-order valence-corrected chi connectivity index (χ1v) is 9.14. The van der Waals surface area contributed by atoms with Gasteiger partial charge in [-0.15, -0.1) is 0 Å². The van der Waals surface area contributed by atoms with E-state index in [1.54, 1.807) is 0 Å². The smallest absolute Gasteiger partial charge is 0.254 e. The zero-order valence-corrected chi connectivity index (χ0v) is 15.5. The van der Waals surface area contributed by atoms with Gasteiger partial charge in [0.2, 0.25) is 0 Å². The maximum atomic E-state index is 12.9. The Morgan fingerprint density at radius 1 is 1.04 bits per heavy atom. The Morgan fingerprint density at radius 2 is 1.72 bits per heavy atom. The van der Waals surface area contributed by atoms with Crippen LogP contribution in [0, 0.1) is 0 Å². The summed E-state index contributed by atoms with van der Waals surface area (Å²) in [6, 6.07) is 16.5. The molecule has 3 nitrogen and oxygen atoms in total. The number of aryl methyl sites for hydroxylation is 1. The summed E-state index contributed by atoms with van der Waals surface area (Å²) in [4.78, 5) is 14.9. The summed E-state index contributed by atoms with van der Waals surface area (Å²) in [6.45, 7) is 8.22. The number of amides is 1. The normalized spacial score (nSPS) is 16.5. The standard InChI is InChI=1S/C22H27NO2/c1-15(2)23(16(3)4)22(24)19-11-10-18-12-13-20(25-21(18)14-19)17-8-6-5-7-9-17/h5-11,14-16,20H,12-13H2,1-4H3. The van der Waals surface area contributed by atoms with Gasteiger partial charge in [-0.3, -0.25) is 4.79 Å². The van der Waals surface area contributed by atoms with Crippen molar-refractivity contribution in [2.24, 2.45) is 0 Å². The minimum Gasteiger partial charge on any atom is -0.485 e. The molecule has 3 heteroatoms. The number of nitrogens with zero attached hydrogens (tertiary/aromatic N) is 1. The molecule has 1 heterocycles. The van der Waals surface area contributed by atoms with Gasteiger partial charge in [-0.05, 0) is 63.8 Å². The highest BCUT2D eigenvalue weighted by Gasteiger charge is 2.25. The average Bonchev–Trinajstić information content (AvgIpc) is 2.61. The lowest BCUT2D eigenvalue weighted by molar-refractivity contribution is 0.0642. The van der Waals surface area contributed by atoms with Crippen LogP contribution in [0.1, 0.15) is 61.7 Å². The summed E-state index contributed by atoms with van der Waals surface area (Å²) in [6.07, 6.45) is 2.00. The van der Waals surface area contributed by atoms with Crippen molar-refractivity contribution in [1.29, 1.82) is 0 Å². The lowest BCUT2D eigenvalue weighted by Gasteiger charge is -2.32. The van der Waals surface area contributed by atoms with Crippen LogP contribution in [0.5, 0.6) is 5.75 Å². The molecule has 132 valence electrons. The van der Waals surface area contributed by atoms with E-state index >= 15 is 0 Å². The van der Waals surface area contributed by atoms with Crippen LogP contribution in [-0.2, 0) is 6.42 Å². The highest BCUT2D eigenvalue weighted by Crippen LogP contribution is 2.35. The van der Waals surface area contributed by atoms with Crippen molar-refractivity contribution >= 4 is 5.91 Å². The van der Waals surface area contributed by atoms with Gasteiger partial charge in [0.1, 0.15) is 11.9 Å². The van der Waals surface area contributed by atoms with Crippen LogP contribution >= 0.6 is 0 Å². The van der Waals surface area contributed by atoms with E-state index in [1.165, 1.54) is 11.1 Å². The molecule has 0 aromatic heterocycles. The van der Waals surface area contributed by atoms with Gasteiger partial charge in [0, 0.05) is 17.6 Å². The zero-order chi connectivity index (χ0) is 18.0. The SMILES string of the molecule is CC(C)N(C(=O)c1ccc2c(c1)OC(c1ccccc1)CC2)C(C)C. The van der Waals surface area contributed by atoms with Crippen molar-refractivity contribution in [3.8, 4) is 5.75 Å². The Labute approximate surface area is 150 Å². The lowest BCUT2D eigenvalue weighted by atomic mass is 9.96. The number of benzene rings is 2. The maximum Gasteiger partial charge on any atom is 0.254 e. The molecule has 0 bridgehead atoms. The third-order valence-corrected chi connectivity index (χ3v) is 4.78. The molecule has 1 atom stereocenters. The van der Waals surface area contributed by atoms with Gasteiger partial charge in [0.25, 0.3) is 5.91 Å². The maximum absolute atomic E-state index is 12.9. The highest BCUT2D eigenvalue weighted by atomic mass is 16.5. The second kappa shape index (κ2) is 7.30. The average molecular weight is 337 g/mol. The van der Waals surface area contributed by atoms with E-state index in [9.17, 15) is 4.79 Å². The number of carbonyl (C=O) groups excluding carboxylic acids is 1. The first-order chi connectivity index (χ1) is 12.0. The third-order valence-electron chi connectivity index (χ3n) is 4.78. The first-order valence-electron chi connectivity index (χ1n) is 9.14. The van der Waals surface area contributed by atoms with E-state index in [-0.39, 0.29) is 24.1 Å². The number of fused-ring (bicyclic) bond motifs is 1. The van der Waals surface area contributed by atoms with E-state index in [2.05, 4.69) is 39.8 Å². The van der Waals surface area contributed by atoms with Gasteiger partial charge in [0.05, 0.1) is 0 Å². The molecule has 0 saturated heterocycles. The molecule has 0 saturated carbocycles.